The average molecular weight is 196 g/mol. The van der Waals surface area contributed by atoms with Crippen LogP contribution in [0.1, 0.15) is 39.0 Å². The first-order valence-corrected chi connectivity index (χ1v) is 5.91. The van der Waals surface area contributed by atoms with Crippen molar-refractivity contribution in [2.75, 3.05) is 26.2 Å². The van der Waals surface area contributed by atoms with Gasteiger partial charge in [0.2, 0.25) is 0 Å². The van der Waals surface area contributed by atoms with Gasteiger partial charge >= 0.3 is 0 Å². The molecule has 0 unspecified atom stereocenters. The number of hydrogen-bond donors (Lipinski definition) is 1. The topological polar surface area (TPSA) is 15.3 Å². The van der Waals surface area contributed by atoms with Crippen LogP contribution >= 0.6 is 0 Å². The summed E-state index contributed by atoms with van der Waals surface area (Å²) >= 11 is 0. The van der Waals surface area contributed by atoms with Crippen LogP contribution in [0.2, 0.25) is 0 Å². The molecule has 0 aromatic rings. The molecule has 1 rings (SSSR count). The lowest BCUT2D eigenvalue weighted by Gasteiger charge is -2.13. The zero-order valence-corrected chi connectivity index (χ0v) is 9.52. The molecule has 0 saturated carbocycles. The van der Waals surface area contributed by atoms with Crippen molar-refractivity contribution in [1.82, 2.24) is 10.2 Å². The van der Waals surface area contributed by atoms with Gasteiger partial charge in [-0.25, -0.2) is 0 Å². The summed E-state index contributed by atoms with van der Waals surface area (Å²) in [6, 6.07) is 0. The summed E-state index contributed by atoms with van der Waals surface area (Å²) in [6.07, 6.45) is 6.81. The minimum atomic E-state index is 1.09. The molecule has 1 saturated heterocycles. The van der Waals surface area contributed by atoms with E-state index in [4.69, 9.17) is 0 Å². The predicted molar refractivity (Wildman–Crippen MR) is 62.3 cm³/mol. The molecule has 1 N–H and O–H groups in total. The number of allylic oxidation sites excluding steroid dienone is 1. The molecule has 0 aromatic heterocycles. The first-order valence-electron chi connectivity index (χ1n) is 5.91. The predicted octanol–water partition coefficient (Wildman–Crippen LogP) is 2.38. The van der Waals surface area contributed by atoms with E-state index in [1.807, 2.05) is 6.92 Å². The fourth-order valence-electron chi connectivity index (χ4n) is 1.95. The van der Waals surface area contributed by atoms with Crippen LogP contribution in [0.3, 0.4) is 0 Å². The number of hydrogen-bond acceptors (Lipinski definition) is 2. The standard InChI is InChI=1S/C12H24N2/c1-12(2)13-8-4-3-5-9-14-10-6-7-11-14/h13H,1,3-11H2,2H3. The maximum absolute atomic E-state index is 3.82. The minimum absolute atomic E-state index is 1.09. The zero-order chi connectivity index (χ0) is 10.2. The normalized spacial score (nSPS) is 17.2. The van der Waals surface area contributed by atoms with Crippen molar-refractivity contribution >= 4 is 0 Å². The second-order valence-corrected chi connectivity index (χ2v) is 4.32. The van der Waals surface area contributed by atoms with Gasteiger partial charge in [-0.1, -0.05) is 13.0 Å². The molecular weight excluding hydrogens is 172 g/mol. The molecule has 0 aromatic carbocycles. The number of likely N-dealkylation sites (tertiary alicyclic amines) is 1. The largest absolute Gasteiger partial charge is 0.389 e. The molecule has 0 spiro atoms. The Morgan fingerprint density at radius 1 is 1.21 bits per heavy atom. The van der Waals surface area contributed by atoms with E-state index in [0.717, 1.165) is 12.2 Å². The molecule has 82 valence electrons. The molecule has 1 heterocycles. The first kappa shape index (κ1) is 11.6. The van der Waals surface area contributed by atoms with Gasteiger partial charge in [0, 0.05) is 12.2 Å². The quantitative estimate of drug-likeness (QED) is 0.629. The summed E-state index contributed by atoms with van der Waals surface area (Å²) in [7, 11) is 0. The molecule has 0 radical (unpaired) electrons. The fraction of sp³-hybridized carbons (Fsp3) is 0.833. The number of nitrogens with one attached hydrogen (secondary N) is 1. The van der Waals surface area contributed by atoms with E-state index in [1.165, 1.54) is 51.7 Å². The van der Waals surface area contributed by atoms with E-state index in [9.17, 15) is 0 Å². The average Bonchev–Trinajstić information content (AvgIpc) is 2.63. The molecule has 0 atom stereocenters. The summed E-state index contributed by atoms with van der Waals surface area (Å²) in [5, 5.41) is 3.27. The van der Waals surface area contributed by atoms with Crippen LogP contribution in [0.4, 0.5) is 0 Å². The lowest BCUT2D eigenvalue weighted by molar-refractivity contribution is 0.328. The molecule has 14 heavy (non-hydrogen) atoms. The van der Waals surface area contributed by atoms with Crippen molar-refractivity contribution < 1.29 is 0 Å². The van der Waals surface area contributed by atoms with Crippen LogP contribution < -0.4 is 5.32 Å². The van der Waals surface area contributed by atoms with Gasteiger partial charge in [0.1, 0.15) is 0 Å². The third kappa shape index (κ3) is 5.28. The number of unbranched alkanes of at least 4 members (excludes halogenated alkanes) is 2. The lowest BCUT2D eigenvalue weighted by Crippen LogP contribution is -2.20. The summed E-state index contributed by atoms with van der Waals surface area (Å²) in [6.45, 7) is 10.9. The Kier molecular flexibility index (Phi) is 5.69. The van der Waals surface area contributed by atoms with Crippen LogP contribution in [-0.2, 0) is 0 Å². The smallest absolute Gasteiger partial charge is 0.0143 e. The molecule has 1 aliphatic heterocycles. The highest BCUT2D eigenvalue weighted by atomic mass is 15.1. The fourth-order valence-corrected chi connectivity index (χ4v) is 1.95. The molecular formula is C12H24N2. The van der Waals surface area contributed by atoms with Gasteiger partial charge in [-0.2, -0.15) is 0 Å². The second kappa shape index (κ2) is 6.88. The van der Waals surface area contributed by atoms with Crippen molar-refractivity contribution in [3.63, 3.8) is 0 Å². The maximum Gasteiger partial charge on any atom is 0.0143 e. The Labute approximate surface area is 88.4 Å². The van der Waals surface area contributed by atoms with Gasteiger partial charge in [0.15, 0.2) is 0 Å². The lowest BCUT2D eigenvalue weighted by atomic mass is 10.2. The first-order chi connectivity index (χ1) is 6.79. The Morgan fingerprint density at radius 2 is 1.93 bits per heavy atom. The van der Waals surface area contributed by atoms with Gasteiger partial charge in [-0.15, -0.1) is 0 Å². The summed E-state index contributed by atoms with van der Waals surface area (Å²) < 4.78 is 0. The van der Waals surface area contributed by atoms with Crippen molar-refractivity contribution in [3.05, 3.63) is 12.3 Å². The van der Waals surface area contributed by atoms with E-state index >= 15 is 0 Å². The van der Waals surface area contributed by atoms with Gasteiger partial charge in [-0.05, 0) is 52.2 Å². The second-order valence-electron chi connectivity index (χ2n) is 4.32. The Bertz CT molecular complexity index is 160. The van der Waals surface area contributed by atoms with Crippen molar-refractivity contribution in [2.45, 2.75) is 39.0 Å². The van der Waals surface area contributed by atoms with Crippen LogP contribution in [0.15, 0.2) is 12.3 Å². The van der Waals surface area contributed by atoms with E-state index in [-0.39, 0.29) is 0 Å². The highest BCUT2D eigenvalue weighted by Gasteiger charge is 2.09. The molecule has 2 heteroatoms. The van der Waals surface area contributed by atoms with Crippen LogP contribution in [-0.4, -0.2) is 31.1 Å². The van der Waals surface area contributed by atoms with E-state index in [2.05, 4.69) is 16.8 Å². The summed E-state index contributed by atoms with van der Waals surface area (Å²) in [5.41, 5.74) is 1.09. The van der Waals surface area contributed by atoms with E-state index in [0.29, 0.717) is 0 Å². The molecule has 1 aliphatic rings. The van der Waals surface area contributed by atoms with E-state index < -0.39 is 0 Å². The van der Waals surface area contributed by atoms with E-state index in [1.54, 1.807) is 0 Å². The summed E-state index contributed by atoms with van der Waals surface area (Å²) in [4.78, 5) is 2.59. The van der Waals surface area contributed by atoms with Crippen molar-refractivity contribution in [2.24, 2.45) is 0 Å². The monoisotopic (exact) mass is 196 g/mol. The van der Waals surface area contributed by atoms with Crippen LogP contribution in [0, 0.1) is 0 Å². The minimum Gasteiger partial charge on any atom is -0.389 e. The third-order valence-electron chi connectivity index (χ3n) is 2.78. The molecule has 1 fully saturated rings. The Balaban J connectivity index is 1.82. The Morgan fingerprint density at radius 3 is 2.57 bits per heavy atom. The summed E-state index contributed by atoms with van der Waals surface area (Å²) in [5.74, 6) is 0. The molecule has 0 bridgehead atoms. The van der Waals surface area contributed by atoms with Crippen LogP contribution in [0.5, 0.6) is 0 Å². The van der Waals surface area contributed by atoms with Crippen molar-refractivity contribution in [3.8, 4) is 0 Å². The highest BCUT2D eigenvalue weighted by molar-refractivity contribution is 4.83. The Hall–Kier alpha value is -0.500. The highest BCUT2D eigenvalue weighted by Crippen LogP contribution is 2.08. The third-order valence-corrected chi connectivity index (χ3v) is 2.78. The maximum atomic E-state index is 3.82. The molecule has 0 amide bonds. The van der Waals surface area contributed by atoms with Crippen LogP contribution in [0.25, 0.3) is 0 Å². The zero-order valence-electron chi connectivity index (χ0n) is 9.52. The number of rotatable bonds is 7. The van der Waals surface area contributed by atoms with Gasteiger partial charge in [0.05, 0.1) is 0 Å². The molecule has 2 nitrogen and oxygen atoms in total. The van der Waals surface area contributed by atoms with Gasteiger partial charge in [0.25, 0.3) is 0 Å². The SMILES string of the molecule is C=C(C)NCCCCCN1CCCC1. The number of nitrogens with zero attached hydrogens (tertiary/aromatic N) is 1. The van der Waals surface area contributed by atoms with Crippen molar-refractivity contribution in [1.29, 1.82) is 0 Å². The van der Waals surface area contributed by atoms with Gasteiger partial charge in [-0.3, -0.25) is 0 Å². The molecule has 0 aliphatic carbocycles. The van der Waals surface area contributed by atoms with Gasteiger partial charge < -0.3 is 10.2 Å².